The van der Waals surface area contributed by atoms with E-state index in [4.69, 9.17) is 39.4 Å². The van der Waals surface area contributed by atoms with Crippen LogP contribution in [0.25, 0.3) is 79.2 Å². The quantitative estimate of drug-likeness (QED) is 0.137. The fourth-order valence-electron chi connectivity index (χ4n) is 9.87. The van der Waals surface area contributed by atoms with Crippen molar-refractivity contribution in [2.45, 2.75) is 0 Å². The minimum absolute atomic E-state index is 0.532. The van der Waals surface area contributed by atoms with Crippen molar-refractivity contribution in [2.75, 3.05) is 9.80 Å². The van der Waals surface area contributed by atoms with E-state index >= 15 is 0 Å². The van der Waals surface area contributed by atoms with Crippen LogP contribution in [0, 0.1) is 0 Å². The summed E-state index contributed by atoms with van der Waals surface area (Å²) in [4.78, 5) is 43.5. The lowest BCUT2D eigenvalue weighted by Crippen LogP contribution is -2.18. The molecule has 0 aliphatic carbocycles. The van der Waals surface area contributed by atoms with Crippen LogP contribution in [-0.2, 0) is 0 Å². The number of hydrogen-bond donors (Lipinski definition) is 0. The molecule has 0 amide bonds. The number of ether oxygens (including phenoxy) is 2. The largest absolute Gasteiger partial charge is 0.453 e. The molecular formula is C64H40N10O2. The number of para-hydroxylation sites is 8. The lowest BCUT2D eigenvalue weighted by Gasteiger charge is -2.36. The first-order valence-electron chi connectivity index (χ1n) is 24.7. The number of nitrogens with zero attached hydrogens (tertiary/aromatic N) is 10. The van der Waals surface area contributed by atoms with Crippen molar-refractivity contribution in [1.82, 2.24) is 39.9 Å². The number of rotatable bonds is 9. The number of hydrogen-bond acceptors (Lipinski definition) is 12. The topological polar surface area (TPSA) is 128 Å². The molecule has 8 heterocycles. The first-order chi connectivity index (χ1) is 37.7. The molecule has 0 fully saturated rings. The summed E-state index contributed by atoms with van der Waals surface area (Å²) in [5.74, 6) is 3.95. The van der Waals surface area contributed by atoms with Crippen LogP contribution in [0.1, 0.15) is 0 Å². The van der Waals surface area contributed by atoms with E-state index in [1.807, 2.05) is 146 Å². The number of anilines is 6. The molecule has 6 aromatic carbocycles. The summed E-state index contributed by atoms with van der Waals surface area (Å²) in [6.07, 6.45) is 10.6. The number of pyridine rings is 4. The summed E-state index contributed by atoms with van der Waals surface area (Å²) in [7, 11) is 0. The van der Waals surface area contributed by atoms with Gasteiger partial charge in [0.15, 0.2) is 34.6 Å². The van der Waals surface area contributed by atoms with Gasteiger partial charge in [0.05, 0.1) is 68.3 Å². The lowest BCUT2D eigenvalue weighted by molar-refractivity contribution is 0.476. The number of fused-ring (bicyclic) bond motifs is 4. The monoisotopic (exact) mass is 980 g/mol. The summed E-state index contributed by atoms with van der Waals surface area (Å²) in [5, 5.41) is 0. The van der Waals surface area contributed by atoms with Gasteiger partial charge in [0.25, 0.3) is 0 Å². The smallest absolute Gasteiger partial charge is 0.162 e. The molecule has 0 saturated heterocycles. The Labute approximate surface area is 437 Å². The van der Waals surface area contributed by atoms with Gasteiger partial charge in [-0.3, -0.25) is 19.9 Å². The van der Waals surface area contributed by atoms with Crippen LogP contribution < -0.4 is 19.3 Å². The minimum atomic E-state index is 0.532. The van der Waals surface area contributed by atoms with Crippen LogP contribution in [0.15, 0.2) is 243 Å². The summed E-state index contributed by atoms with van der Waals surface area (Å²) in [6.45, 7) is 0. The van der Waals surface area contributed by atoms with Gasteiger partial charge in [0, 0.05) is 70.6 Å². The van der Waals surface area contributed by atoms with Crippen molar-refractivity contribution < 1.29 is 9.47 Å². The van der Waals surface area contributed by atoms with Crippen molar-refractivity contribution >= 4 is 34.1 Å². The Kier molecular flexibility index (Phi) is 10.8. The highest BCUT2D eigenvalue weighted by Crippen LogP contribution is 2.57. The third kappa shape index (κ3) is 7.99. The Balaban J connectivity index is 1.05. The van der Waals surface area contributed by atoms with E-state index in [0.717, 1.165) is 102 Å². The van der Waals surface area contributed by atoms with Gasteiger partial charge in [-0.25, -0.2) is 19.9 Å². The van der Waals surface area contributed by atoms with Crippen molar-refractivity contribution in [1.29, 1.82) is 0 Å². The molecule has 6 aromatic heterocycles. The third-order valence-electron chi connectivity index (χ3n) is 13.4. The van der Waals surface area contributed by atoms with E-state index in [9.17, 15) is 0 Å². The molecule has 12 nitrogen and oxygen atoms in total. The highest BCUT2D eigenvalue weighted by Gasteiger charge is 2.32. The lowest BCUT2D eigenvalue weighted by atomic mass is 9.93. The third-order valence-corrected chi connectivity index (χ3v) is 13.4. The van der Waals surface area contributed by atoms with Gasteiger partial charge in [0.2, 0.25) is 0 Å². The van der Waals surface area contributed by atoms with E-state index in [-0.39, 0.29) is 0 Å². The van der Waals surface area contributed by atoms with E-state index in [2.05, 4.69) is 80.4 Å². The average molecular weight is 981 g/mol. The molecule has 0 radical (unpaired) electrons. The molecule has 358 valence electrons. The van der Waals surface area contributed by atoms with Gasteiger partial charge in [-0.05, 0) is 121 Å². The van der Waals surface area contributed by atoms with Crippen molar-refractivity contribution in [3.05, 3.63) is 243 Å². The van der Waals surface area contributed by atoms with Gasteiger partial charge < -0.3 is 19.3 Å². The molecule has 76 heavy (non-hydrogen) atoms. The molecule has 0 bridgehead atoms. The molecule has 2 aliphatic rings. The molecule has 0 N–H and O–H groups in total. The maximum Gasteiger partial charge on any atom is 0.162 e. The van der Waals surface area contributed by atoms with Gasteiger partial charge in [-0.2, -0.15) is 0 Å². The molecule has 14 rings (SSSR count). The summed E-state index contributed by atoms with van der Waals surface area (Å²) >= 11 is 0. The Morgan fingerprint density at radius 3 is 1.03 bits per heavy atom. The van der Waals surface area contributed by atoms with Crippen LogP contribution in [0.5, 0.6) is 23.0 Å². The molecule has 0 atom stereocenters. The Morgan fingerprint density at radius 2 is 0.658 bits per heavy atom. The number of aromatic nitrogens is 8. The van der Waals surface area contributed by atoms with Crippen LogP contribution in [0.4, 0.5) is 34.1 Å². The molecule has 0 spiro atoms. The predicted octanol–water partition coefficient (Wildman–Crippen LogP) is 15.7. The summed E-state index contributed by atoms with van der Waals surface area (Å²) in [6, 6.07) is 69.1. The van der Waals surface area contributed by atoms with E-state index in [1.54, 1.807) is 37.2 Å². The fraction of sp³-hybridized carbons (Fsp3) is 0. The van der Waals surface area contributed by atoms with Gasteiger partial charge in [-0.1, -0.05) is 84.9 Å². The second-order valence-corrected chi connectivity index (χ2v) is 18.0. The van der Waals surface area contributed by atoms with Crippen LogP contribution in [0.3, 0.4) is 0 Å². The van der Waals surface area contributed by atoms with Gasteiger partial charge in [0.1, 0.15) is 0 Å². The second kappa shape index (κ2) is 18.7. The highest BCUT2D eigenvalue weighted by molar-refractivity contribution is 6.01. The molecule has 0 saturated carbocycles. The first kappa shape index (κ1) is 44.0. The van der Waals surface area contributed by atoms with Crippen molar-refractivity contribution in [3.8, 4) is 102 Å². The standard InChI is InChI=1S/C64H40N10O2/c1-5-23-59-53(19-1)73(54-20-2-6-24-60(54)75-59)57-35-41(49-37-51(47-17-9-11-33-67-47)71-63(69-49)43-15-13-31-65-39-43)27-29-45(57)46-30-28-42(36-58(46)74-55-21-3-7-25-61(55)76-62-26-8-4-22-56(62)74)50-38-52(48-18-10-12-34-68-48)72-64(70-50)44-16-14-32-66-40-44/h1-40H. The normalized spacial score (nSPS) is 12.1. The van der Waals surface area contributed by atoms with Gasteiger partial charge >= 0.3 is 0 Å². The molecule has 0 unspecified atom stereocenters. The molecule has 2 aliphatic heterocycles. The Bertz CT molecular complexity index is 3670. The second-order valence-electron chi connectivity index (χ2n) is 18.0. The maximum absolute atomic E-state index is 6.65. The highest BCUT2D eigenvalue weighted by atomic mass is 16.5. The zero-order valence-electron chi connectivity index (χ0n) is 40.4. The first-order valence-corrected chi connectivity index (χ1v) is 24.7. The van der Waals surface area contributed by atoms with E-state index in [1.165, 1.54) is 0 Å². The van der Waals surface area contributed by atoms with E-state index in [0.29, 0.717) is 34.4 Å². The Hall–Kier alpha value is -10.7. The van der Waals surface area contributed by atoms with E-state index < -0.39 is 0 Å². The average Bonchev–Trinajstić information content (AvgIpc) is 3.58. The molecule has 12 aromatic rings. The predicted molar refractivity (Wildman–Crippen MR) is 296 cm³/mol. The minimum Gasteiger partial charge on any atom is -0.453 e. The maximum atomic E-state index is 6.65. The summed E-state index contributed by atoms with van der Waals surface area (Å²) in [5.41, 5.74) is 14.6. The number of benzene rings is 6. The zero-order valence-corrected chi connectivity index (χ0v) is 40.4. The Morgan fingerprint density at radius 1 is 0.276 bits per heavy atom. The van der Waals surface area contributed by atoms with Crippen LogP contribution in [-0.4, -0.2) is 39.9 Å². The van der Waals surface area contributed by atoms with Gasteiger partial charge in [-0.15, -0.1) is 0 Å². The molecule has 12 heteroatoms. The van der Waals surface area contributed by atoms with Crippen LogP contribution >= 0.6 is 0 Å². The summed E-state index contributed by atoms with van der Waals surface area (Å²) < 4.78 is 13.3. The fourth-order valence-corrected chi connectivity index (χ4v) is 9.87. The van der Waals surface area contributed by atoms with Crippen molar-refractivity contribution in [3.63, 3.8) is 0 Å². The zero-order chi connectivity index (χ0) is 50.4. The van der Waals surface area contributed by atoms with Crippen molar-refractivity contribution in [2.24, 2.45) is 0 Å². The van der Waals surface area contributed by atoms with Crippen LogP contribution in [0.2, 0.25) is 0 Å². The SMILES string of the molecule is c1ccc(-c2cc(-c3ccc(-c4ccc(-c5cc(-c6ccccn6)nc(-c6cccnc6)n5)cc4N4c5ccccc5Oc5ccccc54)c(N4c5ccccc5Oc5ccccc54)c3)nc(-c3cccnc3)n2)nc1. The molecular weight excluding hydrogens is 941 g/mol.